The Kier molecular flexibility index (Phi) is 4.18. The van der Waals surface area contributed by atoms with Crippen molar-refractivity contribution in [3.8, 4) is 11.5 Å². The lowest BCUT2D eigenvalue weighted by molar-refractivity contribution is 0.386. The molecule has 1 heterocycles. The van der Waals surface area contributed by atoms with Crippen LogP contribution in [0.2, 0.25) is 0 Å². The molecule has 4 heteroatoms. The van der Waals surface area contributed by atoms with Crippen molar-refractivity contribution in [2.45, 2.75) is 18.2 Å². The number of hydrogen-bond acceptors (Lipinski definition) is 4. The van der Waals surface area contributed by atoms with Gasteiger partial charge in [0.05, 0.1) is 14.2 Å². The van der Waals surface area contributed by atoms with Gasteiger partial charge in [0.25, 0.3) is 0 Å². The summed E-state index contributed by atoms with van der Waals surface area (Å²) in [6, 6.07) is 6.39. The maximum Gasteiger partial charge on any atom is 0.127 e. The highest BCUT2D eigenvalue weighted by molar-refractivity contribution is 8.00. The van der Waals surface area contributed by atoms with Crippen molar-refractivity contribution in [3.63, 3.8) is 0 Å². The van der Waals surface area contributed by atoms with Crippen LogP contribution in [0.5, 0.6) is 11.5 Å². The monoisotopic (exact) mass is 253 g/mol. The van der Waals surface area contributed by atoms with Gasteiger partial charge in [-0.15, -0.1) is 0 Å². The Bertz CT molecular complexity index is 376. The van der Waals surface area contributed by atoms with E-state index >= 15 is 0 Å². The van der Waals surface area contributed by atoms with Crippen LogP contribution in [-0.2, 0) is 0 Å². The highest BCUT2D eigenvalue weighted by Crippen LogP contribution is 2.33. The average Bonchev–Trinajstić information content (AvgIpc) is 2.39. The van der Waals surface area contributed by atoms with Gasteiger partial charge in [0, 0.05) is 35.2 Å². The van der Waals surface area contributed by atoms with Gasteiger partial charge in [0.15, 0.2) is 0 Å². The quantitative estimate of drug-likeness (QED) is 0.896. The Hall–Kier alpha value is -0.870. The molecule has 1 aromatic carbocycles. The first-order valence-corrected chi connectivity index (χ1v) is 6.86. The summed E-state index contributed by atoms with van der Waals surface area (Å²) in [5, 5.41) is 4.25. The van der Waals surface area contributed by atoms with Crippen molar-refractivity contribution in [3.05, 3.63) is 23.8 Å². The van der Waals surface area contributed by atoms with E-state index in [0.717, 1.165) is 23.8 Å². The summed E-state index contributed by atoms with van der Waals surface area (Å²) in [4.78, 5) is 0. The lowest BCUT2D eigenvalue weighted by Crippen LogP contribution is -2.34. The van der Waals surface area contributed by atoms with Crippen LogP contribution in [-0.4, -0.2) is 31.8 Å². The molecule has 1 aliphatic rings. The summed E-state index contributed by atoms with van der Waals surface area (Å²) in [6.07, 6.45) is 0. The largest absolute Gasteiger partial charge is 0.497 e. The SMILES string of the molecule is COc1ccc(C2CSC(C)CN2)c(OC)c1. The van der Waals surface area contributed by atoms with Crippen molar-refractivity contribution >= 4 is 11.8 Å². The third-order valence-corrected chi connectivity index (χ3v) is 4.28. The van der Waals surface area contributed by atoms with Crippen molar-refractivity contribution in [2.75, 3.05) is 26.5 Å². The molecule has 0 saturated carbocycles. The molecular weight excluding hydrogens is 234 g/mol. The maximum atomic E-state index is 5.44. The van der Waals surface area contributed by atoms with E-state index < -0.39 is 0 Å². The first-order chi connectivity index (χ1) is 8.24. The third-order valence-electron chi connectivity index (χ3n) is 3.02. The number of thioether (sulfide) groups is 1. The van der Waals surface area contributed by atoms with Gasteiger partial charge in [-0.2, -0.15) is 11.8 Å². The van der Waals surface area contributed by atoms with E-state index in [-0.39, 0.29) is 0 Å². The fraction of sp³-hybridized carbons (Fsp3) is 0.538. The number of methoxy groups -OCH3 is 2. The smallest absolute Gasteiger partial charge is 0.127 e. The molecule has 1 N–H and O–H groups in total. The van der Waals surface area contributed by atoms with Gasteiger partial charge in [0.1, 0.15) is 11.5 Å². The van der Waals surface area contributed by atoms with Crippen molar-refractivity contribution < 1.29 is 9.47 Å². The number of nitrogens with one attached hydrogen (secondary N) is 1. The second-order valence-electron chi connectivity index (χ2n) is 4.21. The minimum atomic E-state index is 0.372. The second kappa shape index (κ2) is 5.65. The zero-order valence-electron chi connectivity index (χ0n) is 10.5. The molecule has 0 radical (unpaired) electrons. The highest BCUT2D eigenvalue weighted by atomic mass is 32.2. The topological polar surface area (TPSA) is 30.5 Å². The Morgan fingerprint density at radius 1 is 1.29 bits per heavy atom. The molecule has 0 aromatic heterocycles. The van der Waals surface area contributed by atoms with Gasteiger partial charge in [-0.25, -0.2) is 0 Å². The average molecular weight is 253 g/mol. The summed E-state index contributed by atoms with van der Waals surface area (Å²) in [5.41, 5.74) is 1.22. The van der Waals surface area contributed by atoms with Crippen LogP contribution in [0.4, 0.5) is 0 Å². The van der Waals surface area contributed by atoms with Crippen LogP contribution in [0.25, 0.3) is 0 Å². The molecule has 3 nitrogen and oxygen atoms in total. The number of rotatable bonds is 3. The summed E-state index contributed by atoms with van der Waals surface area (Å²) < 4.78 is 10.6. The first-order valence-electron chi connectivity index (χ1n) is 5.81. The minimum absolute atomic E-state index is 0.372. The van der Waals surface area contributed by atoms with Gasteiger partial charge in [-0.1, -0.05) is 13.0 Å². The van der Waals surface area contributed by atoms with Crippen LogP contribution in [0, 0.1) is 0 Å². The third kappa shape index (κ3) is 2.87. The van der Waals surface area contributed by atoms with Gasteiger partial charge < -0.3 is 14.8 Å². The fourth-order valence-corrected chi connectivity index (χ4v) is 3.03. The summed E-state index contributed by atoms with van der Waals surface area (Å²) >= 11 is 2.00. The van der Waals surface area contributed by atoms with Gasteiger partial charge in [-0.3, -0.25) is 0 Å². The maximum absolute atomic E-state index is 5.44. The van der Waals surface area contributed by atoms with Crippen LogP contribution < -0.4 is 14.8 Å². The van der Waals surface area contributed by atoms with Gasteiger partial charge >= 0.3 is 0 Å². The molecule has 2 unspecified atom stereocenters. The summed E-state index contributed by atoms with van der Waals surface area (Å²) in [7, 11) is 3.38. The standard InChI is InChI=1S/C13H19NO2S/c1-9-7-14-12(8-17-9)11-5-4-10(15-2)6-13(11)16-3/h4-6,9,12,14H,7-8H2,1-3H3. The van der Waals surface area contributed by atoms with Crippen molar-refractivity contribution in [1.29, 1.82) is 0 Å². The molecule has 2 atom stereocenters. The highest BCUT2D eigenvalue weighted by Gasteiger charge is 2.22. The zero-order chi connectivity index (χ0) is 12.3. The molecule has 0 spiro atoms. The van der Waals surface area contributed by atoms with Gasteiger partial charge in [-0.05, 0) is 6.07 Å². The van der Waals surface area contributed by atoms with Crippen LogP contribution in [0.15, 0.2) is 18.2 Å². The number of hydrogen-bond donors (Lipinski definition) is 1. The minimum Gasteiger partial charge on any atom is -0.497 e. The Labute approximate surface area is 107 Å². The molecule has 1 aliphatic heterocycles. The number of benzene rings is 1. The van der Waals surface area contributed by atoms with Crippen molar-refractivity contribution in [1.82, 2.24) is 5.32 Å². The molecule has 17 heavy (non-hydrogen) atoms. The van der Waals surface area contributed by atoms with E-state index in [1.807, 2.05) is 23.9 Å². The Morgan fingerprint density at radius 3 is 2.71 bits per heavy atom. The van der Waals surface area contributed by atoms with Crippen molar-refractivity contribution in [2.24, 2.45) is 0 Å². The number of ether oxygens (including phenoxy) is 2. The van der Waals surface area contributed by atoms with E-state index in [2.05, 4.69) is 18.3 Å². The predicted molar refractivity (Wildman–Crippen MR) is 72.2 cm³/mol. The molecule has 2 rings (SSSR count). The summed E-state index contributed by atoms with van der Waals surface area (Å²) in [6.45, 7) is 3.30. The lowest BCUT2D eigenvalue weighted by Gasteiger charge is -2.28. The van der Waals surface area contributed by atoms with E-state index in [9.17, 15) is 0 Å². The van der Waals surface area contributed by atoms with Crippen LogP contribution >= 0.6 is 11.8 Å². The molecule has 1 fully saturated rings. The molecule has 0 amide bonds. The van der Waals surface area contributed by atoms with E-state index in [4.69, 9.17) is 9.47 Å². The fourth-order valence-electron chi connectivity index (χ4n) is 1.99. The first kappa shape index (κ1) is 12.6. The van der Waals surface area contributed by atoms with Gasteiger partial charge in [0.2, 0.25) is 0 Å². The molecule has 0 bridgehead atoms. The normalized spacial score (nSPS) is 24.4. The molecular formula is C13H19NO2S. The van der Waals surface area contributed by atoms with E-state index in [0.29, 0.717) is 11.3 Å². The Balaban J connectivity index is 2.19. The molecule has 0 aliphatic carbocycles. The molecule has 94 valence electrons. The van der Waals surface area contributed by atoms with E-state index in [1.165, 1.54) is 5.56 Å². The van der Waals surface area contributed by atoms with E-state index in [1.54, 1.807) is 14.2 Å². The molecule has 1 saturated heterocycles. The van der Waals surface area contributed by atoms with Crippen LogP contribution in [0.3, 0.4) is 0 Å². The lowest BCUT2D eigenvalue weighted by atomic mass is 10.1. The predicted octanol–water partition coefficient (Wildman–Crippen LogP) is 2.47. The summed E-state index contributed by atoms with van der Waals surface area (Å²) in [5.74, 6) is 2.82. The zero-order valence-corrected chi connectivity index (χ0v) is 11.3. The Morgan fingerprint density at radius 2 is 2.12 bits per heavy atom. The van der Waals surface area contributed by atoms with Crippen LogP contribution in [0.1, 0.15) is 18.5 Å². The second-order valence-corrected chi connectivity index (χ2v) is 5.68. The molecule has 1 aromatic rings.